The third-order valence-corrected chi connectivity index (χ3v) is 2.63. The molecular formula is C13H17NO6. The molecule has 0 aliphatic carbocycles. The van der Waals surface area contributed by atoms with Gasteiger partial charge in [0.1, 0.15) is 0 Å². The lowest BCUT2D eigenvalue weighted by Gasteiger charge is -2.10. The average molecular weight is 283 g/mol. The summed E-state index contributed by atoms with van der Waals surface area (Å²) in [4.78, 5) is 22.2. The molecule has 0 aliphatic rings. The summed E-state index contributed by atoms with van der Waals surface area (Å²) in [5.41, 5.74) is 0.354. The molecule has 0 radical (unpaired) electrons. The van der Waals surface area contributed by atoms with E-state index in [4.69, 9.17) is 19.7 Å². The molecule has 0 saturated carbocycles. The Labute approximate surface area is 116 Å². The molecule has 1 amide bonds. The second-order valence-corrected chi connectivity index (χ2v) is 3.97. The van der Waals surface area contributed by atoms with E-state index < -0.39 is 12.1 Å². The Hall–Kier alpha value is -2.28. The van der Waals surface area contributed by atoms with Gasteiger partial charge in [-0.15, -0.1) is 0 Å². The molecule has 0 aliphatic heterocycles. The third-order valence-electron chi connectivity index (χ3n) is 2.63. The van der Waals surface area contributed by atoms with E-state index in [1.807, 2.05) is 0 Å². The Morgan fingerprint density at radius 3 is 2.45 bits per heavy atom. The van der Waals surface area contributed by atoms with Crippen molar-refractivity contribution in [3.63, 3.8) is 0 Å². The van der Waals surface area contributed by atoms with E-state index in [1.165, 1.54) is 20.3 Å². The summed E-state index contributed by atoms with van der Waals surface area (Å²) in [6.45, 7) is 0.0562. The predicted octanol–water partition coefficient (Wildman–Crippen LogP) is 0.269. The number of hydrogen-bond acceptors (Lipinski definition) is 5. The van der Waals surface area contributed by atoms with Crippen LogP contribution in [0, 0.1) is 0 Å². The summed E-state index contributed by atoms with van der Waals surface area (Å²) in [6, 6.07) is 4.67. The number of benzene rings is 1. The number of methoxy groups -OCH3 is 2. The van der Waals surface area contributed by atoms with Crippen LogP contribution in [-0.2, 0) is 4.79 Å². The number of carbonyl (C=O) groups excluding carboxylic acids is 1. The predicted molar refractivity (Wildman–Crippen MR) is 70.1 cm³/mol. The summed E-state index contributed by atoms with van der Waals surface area (Å²) in [6.07, 6.45) is -1.55. The molecule has 1 aromatic rings. The van der Waals surface area contributed by atoms with E-state index in [1.54, 1.807) is 12.1 Å². The van der Waals surface area contributed by atoms with Crippen LogP contribution >= 0.6 is 0 Å². The molecule has 1 atom stereocenters. The molecule has 7 nitrogen and oxygen atoms in total. The van der Waals surface area contributed by atoms with Crippen molar-refractivity contribution in [3.05, 3.63) is 23.8 Å². The van der Waals surface area contributed by atoms with Crippen LogP contribution in [0.2, 0.25) is 0 Å². The molecule has 7 heteroatoms. The Bertz CT molecular complexity index is 488. The number of aliphatic hydroxyl groups is 1. The van der Waals surface area contributed by atoms with Crippen LogP contribution in [0.15, 0.2) is 18.2 Å². The minimum absolute atomic E-state index is 0.0562. The smallest absolute Gasteiger partial charge is 0.332 e. The van der Waals surface area contributed by atoms with Gasteiger partial charge >= 0.3 is 5.97 Å². The summed E-state index contributed by atoms with van der Waals surface area (Å²) in [5, 5.41) is 20.1. The lowest BCUT2D eigenvalue weighted by Crippen LogP contribution is -2.30. The van der Waals surface area contributed by atoms with Gasteiger partial charge in [0.15, 0.2) is 17.6 Å². The fraction of sp³-hybridized carbons (Fsp3) is 0.385. The van der Waals surface area contributed by atoms with Gasteiger partial charge in [-0.3, -0.25) is 4.79 Å². The fourth-order valence-corrected chi connectivity index (χ4v) is 1.53. The number of ether oxygens (including phenoxy) is 2. The van der Waals surface area contributed by atoms with Crippen molar-refractivity contribution in [2.45, 2.75) is 12.5 Å². The molecule has 0 aromatic heterocycles. The molecule has 20 heavy (non-hydrogen) atoms. The van der Waals surface area contributed by atoms with Crippen LogP contribution in [0.3, 0.4) is 0 Å². The molecule has 0 spiro atoms. The van der Waals surface area contributed by atoms with Crippen molar-refractivity contribution in [1.82, 2.24) is 5.32 Å². The van der Waals surface area contributed by atoms with Crippen molar-refractivity contribution in [2.75, 3.05) is 20.8 Å². The SMILES string of the molecule is COc1ccc(C(=O)NCC[C@H](O)C(=O)O)cc1OC. The number of carboxylic acid groups (broad SMARTS) is 1. The number of rotatable bonds is 7. The van der Waals surface area contributed by atoms with E-state index in [0.29, 0.717) is 17.1 Å². The number of amides is 1. The lowest BCUT2D eigenvalue weighted by molar-refractivity contribution is -0.146. The number of nitrogens with one attached hydrogen (secondary N) is 1. The van der Waals surface area contributed by atoms with Crippen molar-refractivity contribution in [3.8, 4) is 11.5 Å². The molecule has 0 saturated heterocycles. The summed E-state index contributed by atoms with van der Waals surface area (Å²) in [5.74, 6) is -0.773. The molecule has 0 unspecified atom stereocenters. The summed E-state index contributed by atoms with van der Waals surface area (Å²) < 4.78 is 10.1. The minimum Gasteiger partial charge on any atom is -0.493 e. The number of carboxylic acids is 1. The normalized spacial score (nSPS) is 11.6. The quantitative estimate of drug-likeness (QED) is 0.663. The molecule has 1 rings (SSSR count). The molecular weight excluding hydrogens is 266 g/mol. The van der Waals surface area contributed by atoms with Gasteiger partial charge in [0.25, 0.3) is 5.91 Å². The second kappa shape index (κ2) is 7.34. The fourth-order valence-electron chi connectivity index (χ4n) is 1.53. The zero-order valence-electron chi connectivity index (χ0n) is 11.3. The minimum atomic E-state index is -1.49. The topological polar surface area (TPSA) is 105 Å². The molecule has 0 fully saturated rings. The Morgan fingerprint density at radius 2 is 1.90 bits per heavy atom. The largest absolute Gasteiger partial charge is 0.493 e. The van der Waals surface area contributed by atoms with E-state index in [2.05, 4.69) is 5.32 Å². The monoisotopic (exact) mass is 283 g/mol. The summed E-state index contributed by atoms with van der Waals surface area (Å²) in [7, 11) is 2.95. The molecule has 3 N–H and O–H groups in total. The first-order valence-corrected chi connectivity index (χ1v) is 5.90. The number of aliphatic hydroxyl groups excluding tert-OH is 1. The van der Waals surface area contributed by atoms with Crippen LogP contribution in [0.5, 0.6) is 11.5 Å². The first-order chi connectivity index (χ1) is 9.49. The Balaban J connectivity index is 2.62. The van der Waals surface area contributed by atoms with Crippen molar-refractivity contribution < 1.29 is 29.3 Å². The van der Waals surface area contributed by atoms with Crippen molar-refractivity contribution in [2.24, 2.45) is 0 Å². The highest BCUT2D eigenvalue weighted by Crippen LogP contribution is 2.27. The second-order valence-electron chi connectivity index (χ2n) is 3.97. The number of carbonyl (C=O) groups is 2. The van der Waals surface area contributed by atoms with Gasteiger partial charge in [0.2, 0.25) is 0 Å². The maximum atomic E-state index is 11.8. The van der Waals surface area contributed by atoms with Gasteiger partial charge in [-0.2, -0.15) is 0 Å². The molecule has 0 bridgehead atoms. The van der Waals surface area contributed by atoms with Gasteiger partial charge < -0.3 is 25.0 Å². The maximum absolute atomic E-state index is 11.8. The van der Waals surface area contributed by atoms with Crippen LogP contribution in [-0.4, -0.2) is 49.0 Å². The first kappa shape index (κ1) is 15.8. The molecule has 110 valence electrons. The van der Waals surface area contributed by atoms with Gasteiger partial charge in [0.05, 0.1) is 14.2 Å². The van der Waals surface area contributed by atoms with Crippen LogP contribution in [0.4, 0.5) is 0 Å². The number of hydrogen-bond donors (Lipinski definition) is 3. The van der Waals surface area contributed by atoms with Crippen molar-refractivity contribution in [1.29, 1.82) is 0 Å². The van der Waals surface area contributed by atoms with E-state index in [-0.39, 0.29) is 18.9 Å². The van der Waals surface area contributed by atoms with E-state index in [0.717, 1.165) is 0 Å². The van der Waals surface area contributed by atoms with Gasteiger partial charge in [0, 0.05) is 18.5 Å². The first-order valence-electron chi connectivity index (χ1n) is 5.90. The standard InChI is InChI=1S/C13H17NO6/c1-19-10-4-3-8(7-11(10)20-2)12(16)14-6-5-9(15)13(17)18/h3-4,7,9,15H,5-6H2,1-2H3,(H,14,16)(H,17,18)/t9-/m0/s1. The van der Waals surface area contributed by atoms with Crippen LogP contribution in [0.25, 0.3) is 0 Å². The molecule has 1 aromatic carbocycles. The van der Waals surface area contributed by atoms with Gasteiger partial charge in [-0.1, -0.05) is 0 Å². The van der Waals surface area contributed by atoms with Crippen molar-refractivity contribution >= 4 is 11.9 Å². The highest BCUT2D eigenvalue weighted by atomic mass is 16.5. The summed E-state index contributed by atoms with van der Waals surface area (Å²) >= 11 is 0. The third kappa shape index (κ3) is 4.13. The highest BCUT2D eigenvalue weighted by molar-refractivity contribution is 5.94. The van der Waals surface area contributed by atoms with Gasteiger partial charge in [-0.25, -0.2) is 4.79 Å². The Kier molecular flexibility index (Phi) is 5.79. The maximum Gasteiger partial charge on any atom is 0.332 e. The van der Waals surface area contributed by atoms with E-state index >= 15 is 0 Å². The zero-order chi connectivity index (χ0) is 15.1. The van der Waals surface area contributed by atoms with E-state index in [9.17, 15) is 9.59 Å². The zero-order valence-corrected chi connectivity index (χ0v) is 11.3. The lowest BCUT2D eigenvalue weighted by atomic mass is 10.2. The van der Waals surface area contributed by atoms with Crippen LogP contribution < -0.4 is 14.8 Å². The highest BCUT2D eigenvalue weighted by Gasteiger charge is 2.14. The average Bonchev–Trinajstić information content (AvgIpc) is 2.45. The number of aliphatic carboxylic acids is 1. The van der Waals surface area contributed by atoms with Gasteiger partial charge in [-0.05, 0) is 18.2 Å². The van der Waals surface area contributed by atoms with Crippen LogP contribution in [0.1, 0.15) is 16.8 Å². The molecule has 0 heterocycles. The Morgan fingerprint density at radius 1 is 1.25 bits per heavy atom.